The van der Waals surface area contributed by atoms with Gasteiger partial charge in [-0.25, -0.2) is 4.98 Å². The highest BCUT2D eigenvalue weighted by Gasteiger charge is 2.30. The van der Waals surface area contributed by atoms with Crippen molar-refractivity contribution in [2.45, 2.75) is 20.0 Å². The molecule has 0 fully saturated rings. The van der Waals surface area contributed by atoms with Gasteiger partial charge in [0.1, 0.15) is 5.56 Å². The topological polar surface area (TPSA) is 71.5 Å². The van der Waals surface area contributed by atoms with Crippen LogP contribution < -0.4 is 10.1 Å². The monoisotopic (exact) mass is 333 g/mol. The van der Waals surface area contributed by atoms with E-state index in [4.69, 9.17) is 0 Å². The van der Waals surface area contributed by atoms with Crippen LogP contribution in [-0.4, -0.2) is 54.1 Å². The molecular weight excluding hydrogens is 315 g/mol. The van der Waals surface area contributed by atoms with Gasteiger partial charge in [-0.1, -0.05) is 0 Å². The van der Waals surface area contributed by atoms with Crippen LogP contribution in [0.2, 0.25) is 0 Å². The minimum absolute atomic E-state index is 0.122. The molecule has 0 aliphatic heterocycles. The molecular formula is C14H18F3N3O3. The zero-order valence-corrected chi connectivity index (χ0v) is 12.8. The van der Waals surface area contributed by atoms with Crippen LogP contribution in [0, 0.1) is 0 Å². The first kappa shape index (κ1) is 18.7. The second-order valence-corrected chi connectivity index (χ2v) is 4.53. The van der Waals surface area contributed by atoms with Crippen molar-refractivity contribution in [1.82, 2.24) is 15.2 Å². The zero-order valence-electron chi connectivity index (χ0n) is 12.8. The summed E-state index contributed by atoms with van der Waals surface area (Å²) in [6, 6.07) is 2.72. The summed E-state index contributed by atoms with van der Waals surface area (Å²) in [7, 11) is 0. The van der Waals surface area contributed by atoms with Crippen molar-refractivity contribution in [3.63, 3.8) is 0 Å². The lowest BCUT2D eigenvalue weighted by Gasteiger charge is -2.21. The second-order valence-electron chi connectivity index (χ2n) is 4.53. The Kier molecular flexibility index (Phi) is 6.80. The Morgan fingerprint density at radius 3 is 2.61 bits per heavy atom. The van der Waals surface area contributed by atoms with Crippen LogP contribution in [-0.2, 0) is 4.79 Å². The summed E-state index contributed by atoms with van der Waals surface area (Å²) in [5, 5.41) is 2.55. The molecule has 0 aromatic carbocycles. The van der Waals surface area contributed by atoms with Crippen LogP contribution in [0.4, 0.5) is 13.2 Å². The molecule has 1 heterocycles. The van der Waals surface area contributed by atoms with Crippen molar-refractivity contribution >= 4 is 11.8 Å². The Balaban J connectivity index is 2.90. The fourth-order valence-electron chi connectivity index (χ4n) is 1.74. The third-order valence-electron chi connectivity index (χ3n) is 2.75. The average Bonchev–Trinajstić information content (AvgIpc) is 2.50. The number of rotatable bonds is 7. The number of carbonyl (C=O) groups excluding carboxylic acids is 2. The predicted molar refractivity (Wildman–Crippen MR) is 76.0 cm³/mol. The smallest absolute Gasteiger partial charge is 0.422 e. The van der Waals surface area contributed by atoms with Gasteiger partial charge >= 0.3 is 6.18 Å². The van der Waals surface area contributed by atoms with Crippen molar-refractivity contribution in [2.24, 2.45) is 0 Å². The summed E-state index contributed by atoms with van der Waals surface area (Å²) in [5.74, 6) is -1.39. The molecule has 0 aliphatic rings. The van der Waals surface area contributed by atoms with E-state index in [0.717, 1.165) is 0 Å². The lowest BCUT2D eigenvalue weighted by Crippen LogP contribution is -2.40. The van der Waals surface area contributed by atoms with E-state index in [2.05, 4.69) is 15.0 Å². The summed E-state index contributed by atoms with van der Waals surface area (Å²) in [6.45, 7) is 2.27. The number of nitrogens with one attached hydrogen (secondary N) is 1. The predicted octanol–water partition coefficient (Wildman–Crippen LogP) is 1.62. The SMILES string of the molecule is CCNC(=O)CN(CC)C(=O)c1cccnc1OCC(F)(F)F. The number of alkyl halides is 3. The number of ether oxygens (including phenoxy) is 1. The number of pyridine rings is 1. The summed E-state index contributed by atoms with van der Waals surface area (Å²) >= 11 is 0. The van der Waals surface area contributed by atoms with Crippen LogP contribution in [0.25, 0.3) is 0 Å². The third-order valence-corrected chi connectivity index (χ3v) is 2.75. The third kappa shape index (κ3) is 6.13. The molecule has 1 rings (SSSR count). The molecule has 9 heteroatoms. The van der Waals surface area contributed by atoms with E-state index in [1.54, 1.807) is 13.8 Å². The highest BCUT2D eigenvalue weighted by Crippen LogP contribution is 2.21. The zero-order chi connectivity index (χ0) is 17.5. The van der Waals surface area contributed by atoms with Crippen LogP contribution in [0.5, 0.6) is 5.88 Å². The maximum atomic E-state index is 12.4. The second kappa shape index (κ2) is 8.35. The Morgan fingerprint density at radius 2 is 2.04 bits per heavy atom. The maximum absolute atomic E-state index is 12.4. The first-order chi connectivity index (χ1) is 10.8. The Morgan fingerprint density at radius 1 is 1.35 bits per heavy atom. The Bertz CT molecular complexity index is 550. The Hall–Kier alpha value is -2.32. The van der Waals surface area contributed by atoms with Gasteiger partial charge in [0, 0.05) is 19.3 Å². The molecule has 0 bridgehead atoms. The van der Waals surface area contributed by atoms with Crippen LogP contribution in [0.15, 0.2) is 18.3 Å². The van der Waals surface area contributed by atoms with E-state index >= 15 is 0 Å². The lowest BCUT2D eigenvalue weighted by atomic mass is 10.2. The molecule has 1 N–H and O–H groups in total. The number of halogens is 3. The average molecular weight is 333 g/mol. The van der Waals surface area contributed by atoms with Gasteiger partial charge in [0.15, 0.2) is 6.61 Å². The van der Waals surface area contributed by atoms with Crippen molar-refractivity contribution in [2.75, 3.05) is 26.2 Å². The summed E-state index contributed by atoms with van der Waals surface area (Å²) < 4.78 is 41.3. The van der Waals surface area contributed by atoms with Crippen LogP contribution in [0.1, 0.15) is 24.2 Å². The summed E-state index contributed by atoms with van der Waals surface area (Å²) in [5.41, 5.74) is -0.122. The first-order valence-electron chi connectivity index (χ1n) is 6.99. The fraction of sp³-hybridized carbons (Fsp3) is 0.500. The molecule has 0 unspecified atom stereocenters. The van der Waals surface area contributed by atoms with Gasteiger partial charge in [0.25, 0.3) is 5.91 Å². The first-order valence-corrected chi connectivity index (χ1v) is 6.99. The van der Waals surface area contributed by atoms with E-state index < -0.39 is 24.6 Å². The molecule has 23 heavy (non-hydrogen) atoms. The molecule has 1 aromatic rings. The summed E-state index contributed by atoms with van der Waals surface area (Å²) in [4.78, 5) is 28.9. The number of likely N-dealkylation sites (N-methyl/N-ethyl adjacent to an activating group) is 2. The molecule has 2 amide bonds. The van der Waals surface area contributed by atoms with Gasteiger partial charge in [-0.3, -0.25) is 9.59 Å². The lowest BCUT2D eigenvalue weighted by molar-refractivity contribution is -0.154. The molecule has 6 nitrogen and oxygen atoms in total. The van der Waals surface area contributed by atoms with E-state index in [1.165, 1.54) is 23.2 Å². The molecule has 0 spiro atoms. The van der Waals surface area contributed by atoms with Gasteiger partial charge in [-0.05, 0) is 26.0 Å². The quantitative estimate of drug-likeness (QED) is 0.823. The molecule has 0 aliphatic carbocycles. The normalized spacial score (nSPS) is 11.0. The molecule has 0 saturated heterocycles. The minimum atomic E-state index is -4.54. The number of hydrogen-bond acceptors (Lipinski definition) is 4. The molecule has 128 valence electrons. The minimum Gasteiger partial charge on any atom is -0.467 e. The number of amides is 2. The van der Waals surface area contributed by atoms with Gasteiger partial charge in [0.2, 0.25) is 11.8 Å². The molecule has 1 aromatic heterocycles. The fourth-order valence-corrected chi connectivity index (χ4v) is 1.74. The van der Waals surface area contributed by atoms with Crippen LogP contribution >= 0.6 is 0 Å². The number of nitrogens with zero attached hydrogens (tertiary/aromatic N) is 2. The van der Waals surface area contributed by atoms with E-state index in [0.29, 0.717) is 6.54 Å². The van der Waals surface area contributed by atoms with E-state index in [1.807, 2.05) is 0 Å². The van der Waals surface area contributed by atoms with Crippen molar-refractivity contribution in [1.29, 1.82) is 0 Å². The molecule has 0 radical (unpaired) electrons. The van der Waals surface area contributed by atoms with Crippen LogP contribution in [0.3, 0.4) is 0 Å². The standard InChI is InChI=1S/C14H18F3N3O3/c1-3-18-11(21)8-20(4-2)13(22)10-6-5-7-19-12(10)23-9-14(15,16)17/h5-7H,3-4,8-9H2,1-2H3,(H,18,21). The van der Waals surface area contributed by atoms with Crippen molar-refractivity contribution < 1.29 is 27.5 Å². The molecule has 0 saturated carbocycles. The number of aromatic nitrogens is 1. The highest BCUT2D eigenvalue weighted by atomic mass is 19.4. The van der Waals surface area contributed by atoms with E-state index in [-0.39, 0.29) is 24.6 Å². The van der Waals surface area contributed by atoms with Gasteiger partial charge in [0.05, 0.1) is 6.54 Å². The van der Waals surface area contributed by atoms with Crippen molar-refractivity contribution in [3.05, 3.63) is 23.9 Å². The highest BCUT2D eigenvalue weighted by molar-refractivity contribution is 5.98. The number of hydrogen-bond donors (Lipinski definition) is 1. The molecule has 0 atom stereocenters. The Labute approximate surface area is 131 Å². The van der Waals surface area contributed by atoms with E-state index in [9.17, 15) is 22.8 Å². The van der Waals surface area contributed by atoms with Gasteiger partial charge < -0.3 is 15.0 Å². The van der Waals surface area contributed by atoms with Gasteiger partial charge in [-0.2, -0.15) is 13.2 Å². The largest absolute Gasteiger partial charge is 0.467 e. The summed E-state index contributed by atoms with van der Waals surface area (Å²) in [6.07, 6.45) is -3.31. The number of carbonyl (C=O) groups is 2. The van der Waals surface area contributed by atoms with Gasteiger partial charge in [-0.15, -0.1) is 0 Å². The maximum Gasteiger partial charge on any atom is 0.422 e. The van der Waals surface area contributed by atoms with Crippen molar-refractivity contribution in [3.8, 4) is 5.88 Å².